The van der Waals surface area contributed by atoms with Crippen LogP contribution in [0.1, 0.15) is 32.6 Å². The second kappa shape index (κ2) is 7.04. The van der Waals surface area contributed by atoms with Crippen LogP contribution in [0.4, 0.5) is 0 Å². The molecule has 0 fully saturated rings. The van der Waals surface area contributed by atoms with E-state index in [1.165, 1.54) is 6.92 Å². The summed E-state index contributed by atoms with van der Waals surface area (Å²) >= 11 is 0. The van der Waals surface area contributed by atoms with Crippen LogP contribution in [0.15, 0.2) is 34.7 Å². The fourth-order valence-electron chi connectivity index (χ4n) is 1.94. The number of carbonyl (C=O) groups excluding carboxylic acids is 1. The summed E-state index contributed by atoms with van der Waals surface area (Å²) in [6.07, 6.45) is 0.636. The number of carboxylic acid groups (broad SMARTS) is 1. The summed E-state index contributed by atoms with van der Waals surface area (Å²) in [4.78, 5) is 23.1. The van der Waals surface area contributed by atoms with Gasteiger partial charge in [0.05, 0.1) is 0 Å². The molecule has 7 nitrogen and oxygen atoms in total. The van der Waals surface area contributed by atoms with Crippen molar-refractivity contribution >= 4 is 11.9 Å². The highest BCUT2D eigenvalue weighted by Gasteiger charge is 2.32. The second-order valence-corrected chi connectivity index (χ2v) is 5.41. The number of carbonyl (C=O) groups is 2. The second-order valence-electron chi connectivity index (χ2n) is 5.41. The number of hydrogen-bond donors (Lipinski definition) is 2. The van der Waals surface area contributed by atoms with E-state index in [-0.39, 0.29) is 18.7 Å². The maximum absolute atomic E-state index is 11.9. The minimum absolute atomic E-state index is 0.0826. The van der Waals surface area contributed by atoms with Gasteiger partial charge < -0.3 is 14.8 Å². The minimum atomic E-state index is -1.26. The van der Waals surface area contributed by atoms with Crippen LogP contribution >= 0.6 is 0 Å². The Hall–Kier alpha value is -2.70. The van der Waals surface area contributed by atoms with Crippen molar-refractivity contribution in [3.63, 3.8) is 0 Å². The van der Waals surface area contributed by atoms with Crippen LogP contribution in [0.3, 0.4) is 0 Å². The van der Waals surface area contributed by atoms with Crippen LogP contribution in [0.25, 0.3) is 11.5 Å². The quantitative estimate of drug-likeness (QED) is 0.809. The van der Waals surface area contributed by atoms with Gasteiger partial charge in [-0.3, -0.25) is 4.79 Å². The van der Waals surface area contributed by atoms with Gasteiger partial charge in [0.2, 0.25) is 17.7 Å². The van der Waals surface area contributed by atoms with Gasteiger partial charge in [-0.05, 0) is 25.5 Å². The molecule has 0 saturated heterocycles. The molecule has 1 atom stereocenters. The number of benzene rings is 1. The van der Waals surface area contributed by atoms with Crippen LogP contribution < -0.4 is 5.32 Å². The number of aromatic nitrogens is 2. The van der Waals surface area contributed by atoms with Crippen LogP contribution in [-0.2, 0) is 16.0 Å². The highest BCUT2D eigenvalue weighted by atomic mass is 16.4. The lowest BCUT2D eigenvalue weighted by molar-refractivity contribution is -0.147. The summed E-state index contributed by atoms with van der Waals surface area (Å²) in [6.45, 7) is 3.19. The van der Waals surface area contributed by atoms with E-state index < -0.39 is 11.5 Å². The lowest BCUT2D eigenvalue weighted by Gasteiger charge is -2.24. The van der Waals surface area contributed by atoms with Crippen LogP contribution in [0, 0.1) is 0 Å². The van der Waals surface area contributed by atoms with E-state index in [0.717, 1.165) is 5.56 Å². The normalized spacial score (nSPS) is 13.3. The smallest absolute Gasteiger partial charge is 0.329 e. The molecule has 1 aromatic heterocycles. The molecule has 23 heavy (non-hydrogen) atoms. The van der Waals surface area contributed by atoms with Crippen molar-refractivity contribution in [2.24, 2.45) is 0 Å². The number of hydrogen-bond acceptors (Lipinski definition) is 5. The van der Waals surface area contributed by atoms with E-state index in [1.807, 2.05) is 30.3 Å². The zero-order valence-electron chi connectivity index (χ0n) is 13.1. The molecule has 2 rings (SSSR count). The molecular weight excluding hydrogens is 298 g/mol. The molecule has 1 heterocycles. The summed E-state index contributed by atoms with van der Waals surface area (Å²) < 4.78 is 5.51. The molecule has 0 spiro atoms. The Kier molecular flexibility index (Phi) is 5.10. The number of amides is 1. The zero-order chi connectivity index (χ0) is 16.9. The molecule has 0 bridgehead atoms. The highest BCUT2D eigenvalue weighted by molar-refractivity contribution is 5.86. The Morgan fingerprint density at radius 2 is 1.96 bits per heavy atom. The third-order valence-corrected chi connectivity index (χ3v) is 3.65. The summed E-state index contributed by atoms with van der Waals surface area (Å²) in [5.74, 6) is -0.689. The molecule has 1 unspecified atom stereocenters. The zero-order valence-corrected chi connectivity index (χ0v) is 13.1. The Bertz CT molecular complexity index is 684. The molecule has 2 N–H and O–H groups in total. The van der Waals surface area contributed by atoms with Crippen molar-refractivity contribution in [1.29, 1.82) is 0 Å². The molecule has 0 aliphatic heterocycles. The van der Waals surface area contributed by atoms with Crippen molar-refractivity contribution in [2.75, 3.05) is 0 Å². The molecule has 2 aromatic rings. The Morgan fingerprint density at radius 3 is 2.57 bits per heavy atom. The number of rotatable bonds is 7. The Balaban J connectivity index is 1.93. The standard InChI is InChI=1S/C16H19N3O4/c1-3-16(2,15(21)22)17-12(20)9-10-13-18-19-14(23-13)11-7-5-4-6-8-11/h4-8H,3,9-10H2,1-2H3,(H,17,20)(H,21,22). The fraction of sp³-hybridized carbons (Fsp3) is 0.375. The predicted octanol–water partition coefficient (Wildman–Crippen LogP) is 2.04. The van der Waals surface area contributed by atoms with Crippen molar-refractivity contribution in [3.8, 4) is 11.5 Å². The van der Waals surface area contributed by atoms with Gasteiger partial charge in [-0.2, -0.15) is 0 Å². The van der Waals surface area contributed by atoms with Crippen molar-refractivity contribution in [2.45, 2.75) is 38.6 Å². The first-order valence-electron chi connectivity index (χ1n) is 7.37. The van der Waals surface area contributed by atoms with Gasteiger partial charge in [0, 0.05) is 18.4 Å². The van der Waals surface area contributed by atoms with Gasteiger partial charge in [-0.1, -0.05) is 25.1 Å². The largest absolute Gasteiger partial charge is 0.480 e. The molecule has 1 amide bonds. The van der Waals surface area contributed by atoms with Crippen LogP contribution in [0.2, 0.25) is 0 Å². The summed E-state index contributed by atoms with van der Waals surface area (Å²) in [5, 5.41) is 19.5. The van der Waals surface area contributed by atoms with E-state index in [4.69, 9.17) is 9.52 Å². The molecule has 122 valence electrons. The molecule has 1 aromatic carbocycles. The fourth-order valence-corrected chi connectivity index (χ4v) is 1.94. The van der Waals surface area contributed by atoms with Gasteiger partial charge in [-0.15, -0.1) is 10.2 Å². The van der Waals surface area contributed by atoms with E-state index in [9.17, 15) is 9.59 Å². The molecule has 0 radical (unpaired) electrons. The first-order valence-corrected chi connectivity index (χ1v) is 7.37. The van der Waals surface area contributed by atoms with Crippen molar-refractivity contribution in [3.05, 3.63) is 36.2 Å². The third-order valence-electron chi connectivity index (χ3n) is 3.65. The van der Waals surface area contributed by atoms with Gasteiger partial charge in [0.25, 0.3) is 0 Å². The average molecular weight is 317 g/mol. The monoisotopic (exact) mass is 317 g/mol. The number of aliphatic carboxylic acids is 1. The lowest BCUT2D eigenvalue weighted by atomic mass is 9.99. The molecule has 0 aliphatic rings. The summed E-state index contributed by atoms with van der Waals surface area (Å²) in [6, 6.07) is 9.32. The van der Waals surface area contributed by atoms with Crippen LogP contribution in [0.5, 0.6) is 0 Å². The third kappa shape index (κ3) is 4.15. The van der Waals surface area contributed by atoms with E-state index in [1.54, 1.807) is 6.92 Å². The first-order chi connectivity index (χ1) is 10.9. The van der Waals surface area contributed by atoms with Crippen LogP contribution in [-0.4, -0.2) is 32.7 Å². The molecular formula is C16H19N3O4. The molecule has 0 saturated carbocycles. The van der Waals surface area contributed by atoms with E-state index in [0.29, 0.717) is 18.2 Å². The van der Waals surface area contributed by atoms with E-state index >= 15 is 0 Å². The Labute approximate surface area is 133 Å². The summed E-state index contributed by atoms with van der Waals surface area (Å²) in [5.41, 5.74) is -0.457. The SMILES string of the molecule is CCC(C)(NC(=O)CCc1nnc(-c2ccccc2)o1)C(=O)O. The van der Waals surface area contributed by atoms with Crippen molar-refractivity contribution in [1.82, 2.24) is 15.5 Å². The Morgan fingerprint density at radius 1 is 1.26 bits per heavy atom. The number of carboxylic acids is 1. The van der Waals surface area contributed by atoms with E-state index in [2.05, 4.69) is 15.5 Å². The minimum Gasteiger partial charge on any atom is -0.480 e. The predicted molar refractivity (Wildman–Crippen MR) is 82.5 cm³/mol. The number of nitrogens with one attached hydrogen (secondary N) is 1. The van der Waals surface area contributed by atoms with Gasteiger partial charge >= 0.3 is 5.97 Å². The van der Waals surface area contributed by atoms with Gasteiger partial charge in [0.1, 0.15) is 5.54 Å². The van der Waals surface area contributed by atoms with Gasteiger partial charge in [-0.25, -0.2) is 4.79 Å². The molecule has 0 aliphatic carbocycles. The number of nitrogens with zero attached hydrogens (tertiary/aromatic N) is 2. The molecule has 7 heteroatoms. The maximum atomic E-state index is 11.9. The number of aryl methyl sites for hydroxylation is 1. The topological polar surface area (TPSA) is 105 Å². The lowest BCUT2D eigenvalue weighted by Crippen LogP contribution is -2.51. The van der Waals surface area contributed by atoms with Gasteiger partial charge in [0.15, 0.2) is 0 Å². The summed E-state index contributed by atoms with van der Waals surface area (Å²) in [7, 11) is 0. The van der Waals surface area contributed by atoms with Crippen molar-refractivity contribution < 1.29 is 19.1 Å². The highest BCUT2D eigenvalue weighted by Crippen LogP contribution is 2.17. The first kappa shape index (κ1) is 16.7. The maximum Gasteiger partial charge on any atom is 0.329 e. The average Bonchev–Trinajstić information content (AvgIpc) is 3.02.